The molecule has 0 aromatic heterocycles. The summed E-state index contributed by atoms with van der Waals surface area (Å²) in [6.45, 7) is 0. The first-order valence-electron chi connectivity index (χ1n) is 3.85. The predicted molar refractivity (Wildman–Crippen MR) is 51.2 cm³/mol. The van der Waals surface area contributed by atoms with E-state index in [1.54, 1.807) is 0 Å². The summed E-state index contributed by atoms with van der Waals surface area (Å²) in [7, 11) is 0. The molecule has 0 atom stereocenters. The number of carbonyl (C=O) groups is 1. The highest BCUT2D eigenvalue weighted by Gasteiger charge is 2.35. The van der Waals surface area contributed by atoms with E-state index in [2.05, 4.69) is 15.9 Å². The van der Waals surface area contributed by atoms with Crippen molar-refractivity contribution in [2.45, 2.75) is 6.18 Å². The van der Waals surface area contributed by atoms with Crippen LogP contribution in [-0.2, 0) is 6.18 Å². The molecule has 15 heavy (non-hydrogen) atoms. The topological polar surface area (TPSA) is 37.3 Å². The fourth-order valence-corrected chi connectivity index (χ4v) is 1.38. The molecule has 0 saturated heterocycles. The van der Waals surface area contributed by atoms with E-state index in [1.165, 1.54) is 0 Å². The van der Waals surface area contributed by atoms with Crippen LogP contribution in [0.4, 0.5) is 13.2 Å². The van der Waals surface area contributed by atoms with Crippen molar-refractivity contribution in [3.8, 4) is 5.75 Å². The van der Waals surface area contributed by atoms with Gasteiger partial charge in [-0.25, -0.2) is 0 Å². The first-order valence-corrected chi connectivity index (χ1v) is 4.97. The van der Waals surface area contributed by atoms with Gasteiger partial charge in [0.15, 0.2) is 5.78 Å². The second-order valence-corrected chi connectivity index (χ2v) is 3.35. The van der Waals surface area contributed by atoms with Crippen molar-refractivity contribution in [3.63, 3.8) is 0 Å². The fourth-order valence-electron chi connectivity index (χ4n) is 1.08. The third-order valence-electron chi connectivity index (χ3n) is 1.73. The third kappa shape index (κ3) is 2.71. The maximum atomic E-state index is 12.4. The van der Waals surface area contributed by atoms with Crippen LogP contribution >= 0.6 is 15.9 Å². The molecule has 0 bridgehead atoms. The van der Waals surface area contributed by atoms with Crippen LogP contribution in [-0.4, -0.2) is 16.2 Å². The largest absolute Gasteiger partial charge is 0.508 e. The van der Waals surface area contributed by atoms with Gasteiger partial charge in [-0.05, 0) is 18.2 Å². The lowest BCUT2D eigenvalue weighted by atomic mass is 10.0. The molecule has 0 heterocycles. The zero-order chi connectivity index (χ0) is 11.6. The van der Waals surface area contributed by atoms with Crippen molar-refractivity contribution < 1.29 is 23.1 Å². The van der Waals surface area contributed by atoms with Gasteiger partial charge >= 0.3 is 6.18 Å². The van der Waals surface area contributed by atoms with Gasteiger partial charge in [0.1, 0.15) is 5.75 Å². The molecule has 0 unspecified atom stereocenters. The van der Waals surface area contributed by atoms with Crippen LogP contribution in [0.1, 0.15) is 15.9 Å². The van der Waals surface area contributed by atoms with Gasteiger partial charge in [-0.15, -0.1) is 0 Å². The van der Waals surface area contributed by atoms with Crippen LogP contribution < -0.4 is 0 Å². The van der Waals surface area contributed by atoms with Gasteiger partial charge in [0.25, 0.3) is 0 Å². The van der Waals surface area contributed by atoms with Crippen LogP contribution in [0.15, 0.2) is 18.2 Å². The maximum Gasteiger partial charge on any atom is 0.417 e. The van der Waals surface area contributed by atoms with E-state index in [-0.39, 0.29) is 5.33 Å². The Morgan fingerprint density at radius 2 is 2.00 bits per heavy atom. The van der Waals surface area contributed by atoms with E-state index in [0.717, 1.165) is 12.1 Å². The molecule has 1 rings (SSSR count). The predicted octanol–water partition coefficient (Wildman–Crippen LogP) is 2.99. The first kappa shape index (κ1) is 12.0. The maximum absolute atomic E-state index is 12.4. The number of rotatable bonds is 2. The Bertz CT molecular complexity index is 387. The normalized spacial score (nSPS) is 11.5. The number of phenolic OH excluding ortho intramolecular Hbond substituents is 1. The number of hydrogen-bond acceptors (Lipinski definition) is 2. The average Bonchev–Trinajstić information content (AvgIpc) is 2.15. The molecule has 1 N–H and O–H groups in total. The summed E-state index contributed by atoms with van der Waals surface area (Å²) in [4.78, 5) is 11.2. The Kier molecular flexibility index (Phi) is 3.38. The number of aromatic hydroxyl groups is 1. The summed E-state index contributed by atoms with van der Waals surface area (Å²) >= 11 is 2.79. The minimum absolute atomic E-state index is 0.194. The zero-order valence-electron chi connectivity index (χ0n) is 7.31. The first-order chi connectivity index (χ1) is 6.86. The standard InChI is InChI=1S/C9H6BrF3O2/c10-4-8(15)6-2-1-5(14)3-7(6)9(11,12)13/h1-3,14H,4H2. The summed E-state index contributed by atoms with van der Waals surface area (Å²) in [6, 6.07) is 2.54. The number of phenols is 1. The molecule has 0 radical (unpaired) electrons. The number of hydrogen-bond donors (Lipinski definition) is 1. The van der Waals surface area contributed by atoms with E-state index in [9.17, 15) is 18.0 Å². The van der Waals surface area contributed by atoms with Crippen molar-refractivity contribution in [3.05, 3.63) is 29.3 Å². The lowest BCUT2D eigenvalue weighted by molar-refractivity contribution is -0.138. The quantitative estimate of drug-likeness (QED) is 0.669. The van der Waals surface area contributed by atoms with E-state index in [4.69, 9.17) is 5.11 Å². The van der Waals surface area contributed by atoms with Crippen molar-refractivity contribution in [2.75, 3.05) is 5.33 Å². The fraction of sp³-hybridized carbons (Fsp3) is 0.222. The monoisotopic (exact) mass is 282 g/mol. The number of halogens is 4. The van der Waals surface area contributed by atoms with Crippen molar-refractivity contribution in [2.24, 2.45) is 0 Å². The Hall–Kier alpha value is -1.04. The second-order valence-electron chi connectivity index (χ2n) is 2.78. The molecule has 2 nitrogen and oxygen atoms in total. The van der Waals surface area contributed by atoms with Crippen LogP contribution in [0.3, 0.4) is 0 Å². The van der Waals surface area contributed by atoms with Crippen molar-refractivity contribution in [1.29, 1.82) is 0 Å². The zero-order valence-corrected chi connectivity index (χ0v) is 8.89. The van der Waals surface area contributed by atoms with Crippen molar-refractivity contribution in [1.82, 2.24) is 0 Å². The molecule has 0 aliphatic rings. The number of ketones is 1. The Morgan fingerprint density at radius 3 is 2.47 bits per heavy atom. The Morgan fingerprint density at radius 1 is 1.40 bits per heavy atom. The molecule has 0 spiro atoms. The summed E-state index contributed by atoms with van der Waals surface area (Å²) < 4.78 is 37.3. The molecule has 0 fully saturated rings. The molecule has 82 valence electrons. The third-order valence-corrected chi connectivity index (χ3v) is 2.24. The van der Waals surface area contributed by atoms with Gasteiger partial charge in [-0.1, -0.05) is 15.9 Å². The van der Waals surface area contributed by atoms with E-state index < -0.39 is 28.8 Å². The molecule has 1 aromatic carbocycles. The van der Waals surface area contributed by atoms with E-state index >= 15 is 0 Å². The minimum Gasteiger partial charge on any atom is -0.508 e. The Balaban J connectivity index is 3.33. The average molecular weight is 283 g/mol. The van der Waals surface area contributed by atoms with Crippen LogP contribution in [0.5, 0.6) is 5.75 Å². The minimum atomic E-state index is -4.65. The van der Waals surface area contributed by atoms with Gasteiger partial charge < -0.3 is 5.11 Å². The van der Waals surface area contributed by atoms with Gasteiger partial charge in [0.05, 0.1) is 10.9 Å². The highest BCUT2D eigenvalue weighted by Crippen LogP contribution is 2.34. The van der Waals surface area contributed by atoms with Crippen LogP contribution in [0.25, 0.3) is 0 Å². The number of Topliss-reactive ketones (excluding diaryl/α,β-unsaturated/α-hetero) is 1. The van der Waals surface area contributed by atoms with Gasteiger partial charge in [0, 0.05) is 5.56 Å². The summed E-state index contributed by atoms with van der Waals surface area (Å²) in [5.74, 6) is -1.20. The summed E-state index contributed by atoms with van der Waals surface area (Å²) in [6.07, 6.45) is -4.65. The van der Waals surface area contributed by atoms with Gasteiger partial charge in [0.2, 0.25) is 0 Å². The molecule has 1 aromatic rings. The molecular formula is C9H6BrF3O2. The number of alkyl halides is 4. The van der Waals surface area contributed by atoms with Gasteiger partial charge in [-0.3, -0.25) is 4.79 Å². The SMILES string of the molecule is O=C(CBr)c1ccc(O)cc1C(F)(F)F. The molecule has 0 aliphatic carbocycles. The lowest BCUT2D eigenvalue weighted by Gasteiger charge is -2.11. The van der Waals surface area contributed by atoms with E-state index in [1.807, 2.05) is 0 Å². The molecule has 0 saturated carbocycles. The number of benzene rings is 1. The smallest absolute Gasteiger partial charge is 0.417 e. The highest BCUT2D eigenvalue weighted by molar-refractivity contribution is 9.09. The Labute approximate surface area is 91.8 Å². The van der Waals surface area contributed by atoms with Crippen molar-refractivity contribution >= 4 is 21.7 Å². The highest BCUT2D eigenvalue weighted by atomic mass is 79.9. The second kappa shape index (κ2) is 4.22. The molecule has 0 aliphatic heterocycles. The summed E-state index contributed by atoms with van der Waals surface area (Å²) in [5.41, 5.74) is -1.57. The lowest BCUT2D eigenvalue weighted by Crippen LogP contribution is -2.13. The van der Waals surface area contributed by atoms with Crippen LogP contribution in [0, 0.1) is 0 Å². The van der Waals surface area contributed by atoms with E-state index in [0.29, 0.717) is 6.07 Å². The number of carbonyl (C=O) groups excluding carboxylic acids is 1. The summed E-state index contributed by atoms with van der Waals surface area (Å²) in [5, 5.41) is 8.74. The van der Waals surface area contributed by atoms with Gasteiger partial charge in [-0.2, -0.15) is 13.2 Å². The molecule has 0 amide bonds. The molecule has 6 heteroatoms. The molecular weight excluding hydrogens is 277 g/mol. The van der Waals surface area contributed by atoms with Crippen LogP contribution in [0.2, 0.25) is 0 Å².